The lowest BCUT2D eigenvalue weighted by molar-refractivity contribution is -0.137. The number of hydrogen-bond donors (Lipinski definition) is 2. The average Bonchev–Trinajstić information content (AvgIpc) is 3.06. The van der Waals surface area contributed by atoms with Crippen LogP contribution in [0.1, 0.15) is 48.5 Å². The van der Waals surface area contributed by atoms with Crippen molar-refractivity contribution in [2.45, 2.75) is 62.6 Å². The second-order valence-corrected chi connectivity index (χ2v) is 8.15. The Labute approximate surface area is 171 Å². The van der Waals surface area contributed by atoms with Crippen LogP contribution in [0.3, 0.4) is 0 Å². The molecule has 160 valence electrons. The quantitative estimate of drug-likeness (QED) is 0.769. The molecule has 0 amide bonds. The van der Waals surface area contributed by atoms with Crippen LogP contribution >= 0.6 is 0 Å². The van der Waals surface area contributed by atoms with E-state index >= 15 is 0 Å². The van der Waals surface area contributed by atoms with Crippen LogP contribution < -0.4 is 5.32 Å². The molecule has 1 aromatic heterocycles. The van der Waals surface area contributed by atoms with Crippen LogP contribution in [0.2, 0.25) is 0 Å². The third-order valence-electron chi connectivity index (χ3n) is 6.39. The molecule has 2 aromatic rings. The minimum atomic E-state index is -4.53. The standard InChI is InChI=1S/C21H22F3N3O3/c1-29-16-7-5-14(16)25-20-18-13(9-11-3-6-17(18)30-11)19(26-27-20)12-4-2-10(8-15(12)28)21(22,23)24/h2,4,8,11,14,16-17,28H,3,5-7,9H2,1H3,(H,25,27)/t11?,14-,16+,17?/m1/s1. The molecule has 2 aliphatic heterocycles. The van der Waals surface area contributed by atoms with E-state index in [2.05, 4.69) is 15.5 Å². The van der Waals surface area contributed by atoms with E-state index in [0.29, 0.717) is 17.9 Å². The fourth-order valence-corrected chi connectivity index (χ4v) is 4.66. The minimum absolute atomic E-state index is 0.0466. The molecule has 9 heteroatoms. The summed E-state index contributed by atoms with van der Waals surface area (Å²) in [6.45, 7) is 0. The van der Waals surface area contributed by atoms with Gasteiger partial charge in [0.05, 0.1) is 29.9 Å². The van der Waals surface area contributed by atoms with Crippen molar-refractivity contribution in [3.05, 3.63) is 34.9 Å². The number of phenolic OH excluding ortho intramolecular Hbond substituents is 1. The van der Waals surface area contributed by atoms with Gasteiger partial charge in [-0.05, 0) is 49.4 Å². The summed E-state index contributed by atoms with van der Waals surface area (Å²) in [5.74, 6) is 0.177. The molecule has 1 saturated heterocycles. The number of fused-ring (bicyclic) bond motifs is 4. The van der Waals surface area contributed by atoms with Crippen LogP contribution in [0, 0.1) is 0 Å². The molecule has 3 heterocycles. The van der Waals surface area contributed by atoms with Gasteiger partial charge in [-0.3, -0.25) is 0 Å². The molecule has 1 saturated carbocycles. The van der Waals surface area contributed by atoms with Gasteiger partial charge in [0, 0.05) is 24.7 Å². The number of benzene rings is 1. The van der Waals surface area contributed by atoms with E-state index in [4.69, 9.17) is 9.47 Å². The number of halogens is 3. The second-order valence-electron chi connectivity index (χ2n) is 8.15. The Bertz CT molecular complexity index is 980. The van der Waals surface area contributed by atoms with Gasteiger partial charge in [0.25, 0.3) is 0 Å². The Kier molecular flexibility index (Phi) is 4.62. The van der Waals surface area contributed by atoms with Gasteiger partial charge in [0.1, 0.15) is 11.4 Å². The highest BCUT2D eigenvalue weighted by molar-refractivity contribution is 5.73. The van der Waals surface area contributed by atoms with Gasteiger partial charge < -0.3 is 19.9 Å². The second kappa shape index (κ2) is 7.09. The van der Waals surface area contributed by atoms with E-state index in [1.165, 1.54) is 6.07 Å². The Morgan fingerprint density at radius 1 is 1.17 bits per heavy atom. The van der Waals surface area contributed by atoms with Crippen molar-refractivity contribution in [3.63, 3.8) is 0 Å². The smallest absolute Gasteiger partial charge is 0.416 e. The summed E-state index contributed by atoms with van der Waals surface area (Å²) in [5.41, 5.74) is 1.55. The monoisotopic (exact) mass is 421 g/mol. The lowest BCUT2D eigenvalue weighted by atomic mass is 9.88. The van der Waals surface area contributed by atoms with Crippen molar-refractivity contribution in [3.8, 4) is 17.0 Å². The normalized spacial score (nSPS) is 27.5. The van der Waals surface area contributed by atoms with Gasteiger partial charge in [-0.15, -0.1) is 10.2 Å². The van der Waals surface area contributed by atoms with Crippen molar-refractivity contribution in [2.75, 3.05) is 12.4 Å². The predicted octanol–water partition coefficient (Wildman–Crippen LogP) is 4.23. The molecule has 2 N–H and O–H groups in total. The van der Waals surface area contributed by atoms with Crippen molar-refractivity contribution >= 4 is 5.82 Å². The lowest BCUT2D eigenvalue weighted by Gasteiger charge is -2.37. The zero-order valence-electron chi connectivity index (χ0n) is 16.4. The largest absolute Gasteiger partial charge is 0.507 e. The lowest BCUT2D eigenvalue weighted by Crippen LogP contribution is -2.44. The molecule has 1 aromatic carbocycles. The molecular formula is C21H22F3N3O3. The van der Waals surface area contributed by atoms with Crippen molar-refractivity contribution in [2.24, 2.45) is 0 Å². The Hall–Kier alpha value is -2.39. The molecule has 0 radical (unpaired) electrons. The first-order chi connectivity index (χ1) is 14.3. The highest BCUT2D eigenvalue weighted by atomic mass is 19.4. The van der Waals surface area contributed by atoms with E-state index in [0.717, 1.165) is 48.9 Å². The zero-order chi connectivity index (χ0) is 21.0. The first-order valence-electron chi connectivity index (χ1n) is 10.1. The summed E-state index contributed by atoms with van der Waals surface area (Å²) >= 11 is 0. The summed E-state index contributed by atoms with van der Waals surface area (Å²) in [4.78, 5) is 0. The Balaban J connectivity index is 1.57. The summed E-state index contributed by atoms with van der Waals surface area (Å²) in [7, 11) is 1.68. The Morgan fingerprint density at radius 3 is 2.67 bits per heavy atom. The van der Waals surface area contributed by atoms with Gasteiger partial charge in [0.2, 0.25) is 0 Å². The number of phenols is 1. The van der Waals surface area contributed by atoms with E-state index in [9.17, 15) is 18.3 Å². The van der Waals surface area contributed by atoms with E-state index < -0.39 is 17.5 Å². The molecule has 2 unspecified atom stereocenters. The van der Waals surface area contributed by atoms with Crippen LogP contribution in [0.25, 0.3) is 11.3 Å². The SMILES string of the molecule is CO[C@H]1CC[C@H]1Nc1nnc(-c2ccc(C(F)(F)F)cc2O)c2c1C1CCC(C2)O1. The molecule has 1 aliphatic carbocycles. The van der Waals surface area contributed by atoms with Gasteiger partial charge >= 0.3 is 6.18 Å². The molecule has 4 atom stereocenters. The number of aromatic hydroxyl groups is 1. The third kappa shape index (κ3) is 3.20. The van der Waals surface area contributed by atoms with Gasteiger partial charge in [-0.1, -0.05) is 0 Å². The van der Waals surface area contributed by atoms with Crippen LogP contribution in [0.5, 0.6) is 5.75 Å². The fraction of sp³-hybridized carbons (Fsp3) is 0.524. The molecule has 3 aliphatic rings. The number of methoxy groups -OCH3 is 1. The number of nitrogens with zero attached hydrogens (tertiary/aromatic N) is 2. The third-order valence-corrected chi connectivity index (χ3v) is 6.39. The fourth-order valence-electron chi connectivity index (χ4n) is 4.66. The molecule has 6 nitrogen and oxygen atoms in total. The summed E-state index contributed by atoms with van der Waals surface area (Å²) < 4.78 is 50.5. The van der Waals surface area contributed by atoms with Crippen LogP contribution in [-0.4, -0.2) is 40.7 Å². The van der Waals surface area contributed by atoms with Crippen LogP contribution in [-0.2, 0) is 22.1 Å². The van der Waals surface area contributed by atoms with Crippen LogP contribution in [0.15, 0.2) is 18.2 Å². The number of anilines is 1. The maximum absolute atomic E-state index is 13.0. The zero-order valence-corrected chi connectivity index (χ0v) is 16.4. The van der Waals surface area contributed by atoms with Gasteiger partial charge in [-0.2, -0.15) is 13.2 Å². The number of rotatable bonds is 4. The molecule has 2 fully saturated rings. The van der Waals surface area contributed by atoms with E-state index in [1.807, 2.05) is 0 Å². The molecule has 5 rings (SSSR count). The molecule has 0 spiro atoms. The minimum Gasteiger partial charge on any atom is -0.507 e. The predicted molar refractivity (Wildman–Crippen MR) is 102 cm³/mol. The highest BCUT2D eigenvalue weighted by Crippen LogP contribution is 2.47. The number of aromatic nitrogens is 2. The molecule has 30 heavy (non-hydrogen) atoms. The average molecular weight is 421 g/mol. The first kappa shape index (κ1) is 19.6. The molecular weight excluding hydrogens is 399 g/mol. The number of alkyl halides is 3. The Morgan fingerprint density at radius 2 is 2.00 bits per heavy atom. The number of nitrogens with one attached hydrogen (secondary N) is 1. The summed E-state index contributed by atoms with van der Waals surface area (Å²) in [6, 6.07) is 3.10. The van der Waals surface area contributed by atoms with Crippen molar-refractivity contribution in [1.29, 1.82) is 0 Å². The summed E-state index contributed by atoms with van der Waals surface area (Å²) in [6.07, 6.45) is -0.211. The number of ether oxygens (including phenoxy) is 2. The maximum Gasteiger partial charge on any atom is 0.416 e. The van der Waals surface area contributed by atoms with E-state index in [-0.39, 0.29) is 29.9 Å². The van der Waals surface area contributed by atoms with Crippen molar-refractivity contribution in [1.82, 2.24) is 10.2 Å². The van der Waals surface area contributed by atoms with Gasteiger partial charge in [-0.25, -0.2) is 0 Å². The highest BCUT2D eigenvalue weighted by Gasteiger charge is 2.40. The first-order valence-corrected chi connectivity index (χ1v) is 10.1. The maximum atomic E-state index is 13.0. The van der Waals surface area contributed by atoms with Crippen LogP contribution in [0.4, 0.5) is 19.0 Å². The topological polar surface area (TPSA) is 76.5 Å². The number of hydrogen-bond acceptors (Lipinski definition) is 6. The van der Waals surface area contributed by atoms with E-state index in [1.54, 1.807) is 7.11 Å². The summed E-state index contributed by atoms with van der Waals surface area (Å²) in [5, 5.41) is 22.5. The van der Waals surface area contributed by atoms with Gasteiger partial charge in [0.15, 0.2) is 5.82 Å². The molecule has 2 bridgehead atoms. The van der Waals surface area contributed by atoms with Crippen molar-refractivity contribution < 1.29 is 27.8 Å².